The number of nitrogens with zero attached hydrogens (tertiary/aromatic N) is 2. The van der Waals surface area contributed by atoms with Gasteiger partial charge in [-0.05, 0) is 35.6 Å². The van der Waals surface area contributed by atoms with Crippen LogP contribution in [-0.4, -0.2) is 9.36 Å². The molecular formula is C8H6BrN3S2. The Hall–Kier alpha value is -0.430. The van der Waals surface area contributed by atoms with E-state index in [1.54, 1.807) is 0 Å². The van der Waals surface area contributed by atoms with Gasteiger partial charge in [-0.3, -0.25) is 5.14 Å². The van der Waals surface area contributed by atoms with E-state index < -0.39 is 0 Å². The van der Waals surface area contributed by atoms with Crippen LogP contribution in [0.3, 0.4) is 0 Å². The van der Waals surface area contributed by atoms with Gasteiger partial charge >= 0.3 is 0 Å². The molecule has 2 N–H and O–H groups in total. The van der Waals surface area contributed by atoms with Crippen LogP contribution in [0.2, 0.25) is 0 Å². The Bertz CT molecular complexity index is 426. The lowest BCUT2D eigenvalue weighted by Gasteiger charge is -1.94. The number of hydrogen-bond donors (Lipinski definition) is 1. The molecule has 72 valence electrons. The molecule has 0 amide bonds. The molecule has 0 bridgehead atoms. The maximum Gasteiger partial charge on any atom is 0.185 e. The van der Waals surface area contributed by atoms with Crippen molar-refractivity contribution in [1.82, 2.24) is 9.36 Å². The van der Waals surface area contributed by atoms with Gasteiger partial charge in [0.1, 0.15) is 0 Å². The minimum Gasteiger partial charge on any atom is -0.272 e. The summed E-state index contributed by atoms with van der Waals surface area (Å²) in [5, 5.41) is 5.38. The standard InChI is InChI=1S/C8H6BrN3S2/c9-6-3-1-5(2-4-6)7-11-8(13-10)14-12-7/h1-4H,10H2. The molecule has 14 heavy (non-hydrogen) atoms. The quantitative estimate of drug-likeness (QED) is 0.863. The second-order valence-electron chi connectivity index (χ2n) is 2.51. The van der Waals surface area contributed by atoms with Crippen LogP contribution in [0.1, 0.15) is 0 Å². The fourth-order valence-electron chi connectivity index (χ4n) is 0.974. The first-order valence-electron chi connectivity index (χ1n) is 3.76. The Morgan fingerprint density at radius 2 is 2.00 bits per heavy atom. The minimum absolute atomic E-state index is 0.732. The average Bonchev–Trinajstić information content (AvgIpc) is 2.67. The van der Waals surface area contributed by atoms with Gasteiger partial charge in [-0.1, -0.05) is 28.1 Å². The van der Waals surface area contributed by atoms with Crippen molar-refractivity contribution in [2.45, 2.75) is 4.34 Å². The van der Waals surface area contributed by atoms with Crippen molar-refractivity contribution in [3.05, 3.63) is 28.7 Å². The number of nitrogens with two attached hydrogens (primary N) is 1. The summed E-state index contributed by atoms with van der Waals surface area (Å²) in [7, 11) is 0. The van der Waals surface area contributed by atoms with E-state index in [9.17, 15) is 0 Å². The fraction of sp³-hybridized carbons (Fsp3) is 0. The van der Waals surface area contributed by atoms with Gasteiger partial charge in [-0.25, -0.2) is 4.98 Å². The zero-order valence-corrected chi connectivity index (χ0v) is 10.2. The van der Waals surface area contributed by atoms with E-state index in [0.717, 1.165) is 32.1 Å². The zero-order chi connectivity index (χ0) is 9.97. The molecule has 1 aromatic carbocycles. The molecule has 2 rings (SSSR count). The lowest BCUT2D eigenvalue weighted by Crippen LogP contribution is -1.81. The van der Waals surface area contributed by atoms with Crippen LogP contribution in [0.5, 0.6) is 0 Å². The van der Waals surface area contributed by atoms with Crippen LogP contribution in [0.4, 0.5) is 0 Å². The van der Waals surface area contributed by atoms with Gasteiger partial charge in [0.25, 0.3) is 0 Å². The first-order valence-corrected chi connectivity index (χ1v) is 6.20. The van der Waals surface area contributed by atoms with Crippen molar-refractivity contribution < 1.29 is 0 Å². The minimum atomic E-state index is 0.732. The van der Waals surface area contributed by atoms with Crippen LogP contribution in [0.15, 0.2) is 33.1 Å². The number of hydrogen-bond acceptors (Lipinski definition) is 5. The highest BCUT2D eigenvalue weighted by atomic mass is 79.9. The summed E-state index contributed by atoms with van der Waals surface area (Å²) in [6.07, 6.45) is 0. The van der Waals surface area contributed by atoms with Crippen molar-refractivity contribution in [3.63, 3.8) is 0 Å². The van der Waals surface area contributed by atoms with Crippen molar-refractivity contribution in [2.75, 3.05) is 0 Å². The van der Waals surface area contributed by atoms with Crippen molar-refractivity contribution in [3.8, 4) is 11.4 Å². The predicted molar refractivity (Wildman–Crippen MR) is 63.1 cm³/mol. The van der Waals surface area contributed by atoms with Gasteiger partial charge in [0.15, 0.2) is 10.2 Å². The highest BCUT2D eigenvalue weighted by Crippen LogP contribution is 2.23. The summed E-state index contributed by atoms with van der Waals surface area (Å²) in [6, 6.07) is 7.87. The van der Waals surface area contributed by atoms with E-state index in [4.69, 9.17) is 5.14 Å². The summed E-state index contributed by atoms with van der Waals surface area (Å²) < 4.78 is 6.03. The third-order valence-corrected chi connectivity index (χ3v) is 3.46. The molecule has 2 aromatic rings. The Kier molecular flexibility index (Phi) is 3.17. The molecule has 1 heterocycles. The molecule has 0 atom stereocenters. The van der Waals surface area contributed by atoms with Crippen LogP contribution in [0.25, 0.3) is 11.4 Å². The van der Waals surface area contributed by atoms with Crippen molar-refractivity contribution in [1.29, 1.82) is 0 Å². The van der Waals surface area contributed by atoms with Gasteiger partial charge < -0.3 is 0 Å². The monoisotopic (exact) mass is 287 g/mol. The molecule has 0 aliphatic rings. The van der Waals surface area contributed by atoms with Gasteiger partial charge in [-0.2, -0.15) is 4.37 Å². The van der Waals surface area contributed by atoms with Gasteiger partial charge in [-0.15, -0.1) is 0 Å². The molecule has 0 fully saturated rings. The van der Waals surface area contributed by atoms with Gasteiger partial charge in [0.2, 0.25) is 0 Å². The Labute approximate surface area is 98.2 Å². The number of aromatic nitrogens is 2. The summed E-state index contributed by atoms with van der Waals surface area (Å²) in [5.74, 6) is 0.732. The lowest BCUT2D eigenvalue weighted by molar-refractivity contribution is 1.22. The lowest BCUT2D eigenvalue weighted by atomic mass is 10.2. The normalized spacial score (nSPS) is 10.4. The molecule has 6 heteroatoms. The first-order chi connectivity index (χ1) is 6.79. The van der Waals surface area contributed by atoms with Gasteiger partial charge in [0, 0.05) is 10.0 Å². The molecule has 0 aliphatic heterocycles. The first kappa shape index (κ1) is 10.1. The molecule has 0 aliphatic carbocycles. The van der Waals surface area contributed by atoms with Crippen LogP contribution < -0.4 is 5.14 Å². The largest absolute Gasteiger partial charge is 0.272 e. The van der Waals surface area contributed by atoms with E-state index in [0.29, 0.717) is 0 Å². The van der Waals surface area contributed by atoms with Gasteiger partial charge in [0.05, 0.1) is 0 Å². The SMILES string of the molecule is NSc1nc(-c2ccc(Br)cc2)ns1. The molecule has 0 saturated carbocycles. The smallest absolute Gasteiger partial charge is 0.185 e. The van der Waals surface area contributed by atoms with Crippen molar-refractivity contribution >= 4 is 39.4 Å². The third-order valence-electron chi connectivity index (χ3n) is 1.61. The van der Waals surface area contributed by atoms with Crippen LogP contribution in [-0.2, 0) is 0 Å². The number of benzene rings is 1. The molecule has 0 saturated heterocycles. The average molecular weight is 288 g/mol. The number of halogens is 1. The van der Waals surface area contributed by atoms with Crippen molar-refractivity contribution in [2.24, 2.45) is 5.14 Å². The maximum atomic E-state index is 5.38. The maximum absolute atomic E-state index is 5.38. The molecule has 1 aromatic heterocycles. The predicted octanol–water partition coefficient (Wildman–Crippen LogP) is 2.93. The van der Waals surface area contributed by atoms with E-state index >= 15 is 0 Å². The summed E-state index contributed by atoms with van der Waals surface area (Å²) in [4.78, 5) is 4.26. The molecular weight excluding hydrogens is 282 g/mol. The highest BCUT2D eigenvalue weighted by molar-refractivity contribution is 9.10. The second kappa shape index (κ2) is 4.39. The summed E-state index contributed by atoms with van der Waals surface area (Å²) in [5.41, 5.74) is 1.00. The Morgan fingerprint density at radius 3 is 2.57 bits per heavy atom. The topological polar surface area (TPSA) is 51.8 Å². The van der Waals surface area contributed by atoms with Crippen LogP contribution in [0, 0.1) is 0 Å². The Balaban J connectivity index is 2.34. The van der Waals surface area contributed by atoms with E-state index in [1.165, 1.54) is 11.5 Å². The molecule has 0 spiro atoms. The van der Waals surface area contributed by atoms with E-state index in [-0.39, 0.29) is 0 Å². The van der Waals surface area contributed by atoms with E-state index in [2.05, 4.69) is 25.3 Å². The highest BCUT2D eigenvalue weighted by Gasteiger charge is 2.05. The fourth-order valence-corrected chi connectivity index (χ4v) is 2.10. The van der Waals surface area contributed by atoms with Crippen LogP contribution >= 0.6 is 39.4 Å². The second-order valence-corrected chi connectivity index (χ2v) is 5.06. The number of rotatable bonds is 2. The zero-order valence-electron chi connectivity index (χ0n) is 6.98. The molecule has 3 nitrogen and oxygen atoms in total. The van der Waals surface area contributed by atoms with E-state index in [1.807, 2.05) is 24.3 Å². The summed E-state index contributed by atoms with van der Waals surface area (Å²) >= 11 is 5.81. The third kappa shape index (κ3) is 2.14. The molecule has 0 radical (unpaired) electrons. The Morgan fingerprint density at radius 1 is 1.29 bits per heavy atom. The molecule has 0 unspecified atom stereocenters. The summed E-state index contributed by atoms with van der Waals surface area (Å²) in [6.45, 7) is 0.